The smallest absolute Gasteiger partial charge is 0.228 e. The third-order valence-corrected chi connectivity index (χ3v) is 4.74. The molecular weight excluding hydrogens is 295 g/mol. The molecule has 23 heavy (non-hydrogen) atoms. The van der Waals surface area contributed by atoms with Crippen molar-refractivity contribution in [3.05, 3.63) is 36.3 Å². The summed E-state index contributed by atoms with van der Waals surface area (Å²) in [5.41, 5.74) is 1.73. The van der Waals surface area contributed by atoms with Crippen LogP contribution in [0.4, 0.5) is 10.1 Å². The highest BCUT2D eigenvalue weighted by Gasteiger charge is 2.31. The third kappa shape index (κ3) is 2.63. The first-order chi connectivity index (χ1) is 11.2. The lowest BCUT2D eigenvalue weighted by Crippen LogP contribution is -2.56. The average Bonchev–Trinajstić information content (AvgIpc) is 2.52. The van der Waals surface area contributed by atoms with E-state index in [-0.39, 0.29) is 17.6 Å². The zero-order valence-corrected chi connectivity index (χ0v) is 12.8. The number of nitrogens with zero attached hydrogens (tertiary/aromatic N) is 3. The molecule has 2 aromatic rings. The lowest BCUT2D eigenvalue weighted by molar-refractivity contribution is -0.137. The normalized spacial score (nSPS) is 19.0. The Morgan fingerprint density at radius 2 is 1.96 bits per heavy atom. The molecule has 1 amide bonds. The summed E-state index contributed by atoms with van der Waals surface area (Å²) in [7, 11) is 0. The Bertz CT molecular complexity index is 738. The third-order valence-electron chi connectivity index (χ3n) is 4.74. The van der Waals surface area contributed by atoms with Gasteiger partial charge < -0.3 is 15.1 Å². The van der Waals surface area contributed by atoms with Crippen molar-refractivity contribution in [2.75, 3.05) is 44.2 Å². The second-order valence-electron chi connectivity index (χ2n) is 6.16. The van der Waals surface area contributed by atoms with Crippen LogP contribution in [0.25, 0.3) is 10.9 Å². The Balaban J connectivity index is 1.51. The van der Waals surface area contributed by atoms with Gasteiger partial charge in [0.15, 0.2) is 0 Å². The van der Waals surface area contributed by atoms with Crippen LogP contribution in [0.5, 0.6) is 0 Å². The van der Waals surface area contributed by atoms with Crippen LogP contribution in [0.2, 0.25) is 0 Å². The van der Waals surface area contributed by atoms with Crippen molar-refractivity contribution in [3.63, 3.8) is 0 Å². The van der Waals surface area contributed by atoms with E-state index in [0.717, 1.165) is 50.3 Å². The van der Waals surface area contributed by atoms with E-state index in [1.807, 2.05) is 11.0 Å². The topological polar surface area (TPSA) is 48.5 Å². The van der Waals surface area contributed by atoms with Crippen LogP contribution in [-0.4, -0.2) is 55.1 Å². The second kappa shape index (κ2) is 5.77. The molecule has 5 nitrogen and oxygen atoms in total. The number of piperazine rings is 1. The van der Waals surface area contributed by atoms with Gasteiger partial charge in [-0.3, -0.25) is 9.78 Å². The first-order valence-electron chi connectivity index (χ1n) is 8.01. The molecule has 2 saturated heterocycles. The molecule has 0 bridgehead atoms. The fraction of sp³-hybridized carbons (Fsp3) is 0.412. The number of halogens is 1. The lowest BCUT2D eigenvalue weighted by atomic mass is 10.0. The Morgan fingerprint density at radius 3 is 2.65 bits per heavy atom. The van der Waals surface area contributed by atoms with E-state index in [1.165, 1.54) is 12.1 Å². The van der Waals surface area contributed by atoms with Crippen molar-refractivity contribution in [2.45, 2.75) is 0 Å². The fourth-order valence-electron chi connectivity index (χ4n) is 3.27. The number of hydrogen-bond donors (Lipinski definition) is 1. The number of anilines is 1. The molecule has 0 atom stereocenters. The number of nitrogens with one attached hydrogen (secondary N) is 1. The van der Waals surface area contributed by atoms with Crippen molar-refractivity contribution in [1.29, 1.82) is 0 Å². The Morgan fingerprint density at radius 1 is 1.17 bits per heavy atom. The van der Waals surface area contributed by atoms with Crippen molar-refractivity contribution in [1.82, 2.24) is 15.2 Å². The molecular formula is C17H19FN4O. The molecule has 0 aliphatic carbocycles. The summed E-state index contributed by atoms with van der Waals surface area (Å²) in [6.07, 6.45) is 1.72. The summed E-state index contributed by atoms with van der Waals surface area (Å²) >= 11 is 0. The quantitative estimate of drug-likeness (QED) is 0.906. The van der Waals surface area contributed by atoms with Gasteiger partial charge in [-0.15, -0.1) is 0 Å². The van der Waals surface area contributed by atoms with E-state index in [9.17, 15) is 9.18 Å². The molecule has 6 heteroatoms. The van der Waals surface area contributed by atoms with E-state index >= 15 is 0 Å². The van der Waals surface area contributed by atoms with Crippen molar-refractivity contribution in [2.24, 2.45) is 5.92 Å². The molecule has 1 N–H and O–H groups in total. The van der Waals surface area contributed by atoms with Crippen LogP contribution < -0.4 is 10.2 Å². The molecule has 0 saturated carbocycles. The maximum atomic E-state index is 13.4. The Kier molecular flexibility index (Phi) is 3.61. The minimum atomic E-state index is -0.272. The van der Waals surface area contributed by atoms with Crippen LogP contribution in [-0.2, 0) is 4.79 Å². The van der Waals surface area contributed by atoms with Gasteiger partial charge in [-0.2, -0.15) is 0 Å². The summed E-state index contributed by atoms with van der Waals surface area (Å²) in [4.78, 5) is 20.8. The molecule has 1 aromatic carbocycles. The first kappa shape index (κ1) is 14.4. The average molecular weight is 314 g/mol. The predicted octanol–water partition coefficient (Wildman–Crippen LogP) is 1.24. The molecule has 1 aromatic heterocycles. The fourth-order valence-corrected chi connectivity index (χ4v) is 3.27. The van der Waals surface area contributed by atoms with Gasteiger partial charge in [0.05, 0.1) is 11.4 Å². The largest absolute Gasteiger partial charge is 0.367 e. The zero-order valence-electron chi connectivity index (χ0n) is 12.8. The highest BCUT2D eigenvalue weighted by Crippen LogP contribution is 2.27. The highest BCUT2D eigenvalue weighted by molar-refractivity contribution is 5.91. The van der Waals surface area contributed by atoms with E-state index in [4.69, 9.17) is 0 Å². The number of benzene rings is 1. The first-order valence-corrected chi connectivity index (χ1v) is 8.01. The maximum absolute atomic E-state index is 13.4. The van der Waals surface area contributed by atoms with E-state index < -0.39 is 0 Å². The minimum absolute atomic E-state index is 0.159. The highest BCUT2D eigenvalue weighted by atomic mass is 19.1. The molecule has 120 valence electrons. The SMILES string of the molecule is O=C(C1CNC1)N1CCN(c2ccnc3cc(F)ccc23)CC1. The minimum Gasteiger partial charge on any atom is -0.367 e. The summed E-state index contributed by atoms with van der Waals surface area (Å²) in [5.74, 6) is 0.156. The zero-order chi connectivity index (χ0) is 15.8. The van der Waals surface area contributed by atoms with Gasteiger partial charge in [0.1, 0.15) is 5.82 Å². The summed E-state index contributed by atoms with van der Waals surface area (Å²) in [6.45, 7) is 4.67. The molecule has 3 heterocycles. The van der Waals surface area contributed by atoms with Gasteiger partial charge in [0.2, 0.25) is 5.91 Å². The number of pyridine rings is 1. The van der Waals surface area contributed by atoms with E-state index in [2.05, 4.69) is 15.2 Å². The van der Waals surface area contributed by atoms with Crippen molar-refractivity contribution in [3.8, 4) is 0 Å². The molecule has 2 aliphatic rings. The summed E-state index contributed by atoms with van der Waals surface area (Å²) < 4.78 is 13.4. The monoisotopic (exact) mass is 314 g/mol. The van der Waals surface area contributed by atoms with E-state index in [0.29, 0.717) is 5.52 Å². The van der Waals surface area contributed by atoms with Gasteiger partial charge in [0, 0.05) is 62.6 Å². The molecule has 0 spiro atoms. The number of hydrogen-bond acceptors (Lipinski definition) is 4. The number of fused-ring (bicyclic) bond motifs is 1. The van der Waals surface area contributed by atoms with Gasteiger partial charge in [0.25, 0.3) is 0 Å². The molecule has 2 aliphatic heterocycles. The summed E-state index contributed by atoms with van der Waals surface area (Å²) in [5, 5.41) is 4.10. The van der Waals surface area contributed by atoms with E-state index in [1.54, 1.807) is 12.3 Å². The Hall–Kier alpha value is -2.21. The van der Waals surface area contributed by atoms with Gasteiger partial charge in [-0.1, -0.05) is 0 Å². The van der Waals surface area contributed by atoms with Crippen LogP contribution in [0.1, 0.15) is 0 Å². The predicted molar refractivity (Wildman–Crippen MR) is 86.9 cm³/mol. The van der Waals surface area contributed by atoms with Gasteiger partial charge in [-0.05, 0) is 18.2 Å². The molecule has 4 rings (SSSR count). The van der Waals surface area contributed by atoms with Crippen LogP contribution >= 0.6 is 0 Å². The van der Waals surface area contributed by atoms with Gasteiger partial charge >= 0.3 is 0 Å². The maximum Gasteiger partial charge on any atom is 0.228 e. The number of carbonyl (C=O) groups excluding carboxylic acids is 1. The van der Waals surface area contributed by atoms with Crippen molar-refractivity contribution < 1.29 is 9.18 Å². The van der Waals surface area contributed by atoms with Crippen LogP contribution in [0, 0.1) is 11.7 Å². The lowest BCUT2D eigenvalue weighted by Gasteiger charge is -2.39. The molecule has 0 radical (unpaired) electrons. The van der Waals surface area contributed by atoms with Crippen LogP contribution in [0.15, 0.2) is 30.5 Å². The van der Waals surface area contributed by atoms with Crippen LogP contribution in [0.3, 0.4) is 0 Å². The summed E-state index contributed by atoms with van der Waals surface area (Å²) in [6, 6.07) is 6.68. The molecule has 0 unspecified atom stereocenters. The number of rotatable bonds is 2. The standard InChI is InChI=1S/C17H19FN4O/c18-13-1-2-14-15(9-13)20-4-3-16(14)21-5-7-22(8-6-21)17(23)12-10-19-11-12/h1-4,9,12,19H,5-8,10-11H2. The number of aromatic nitrogens is 1. The molecule has 2 fully saturated rings. The van der Waals surface area contributed by atoms with Gasteiger partial charge in [-0.25, -0.2) is 4.39 Å². The number of amides is 1. The second-order valence-corrected chi connectivity index (χ2v) is 6.16. The number of carbonyl (C=O) groups is 1. The van der Waals surface area contributed by atoms with Crippen molar-refractivity contribution >= 4 is 22.5 Å². The Labute approximate surface area is 134 Å².